The molecule has 0 radical (unpaired) electrons. The fourth-order valence-electron chi connectivity index (χ4n) is 3.24. The van der Waals surface area contributed by atoms with Gasteiger partial charge in [0.1, 0.15) is 6.26 Å². The van der Waals surface area contributed by atoms with Crippen LogP contribution in [-0.2, 0) is 11.3 Å². The van der Waals surface area contributed by atoms with Gasteiger partial charge in [-0.1, -0.05) is 25.1 Å². The predicted molar refractivity (Wildman–Crippen MR) is 93.2 cm³/mol. The van der Waals surface area contributed by atoms with E-state index in [4.69, 9.17) is 4.42 Å². The van der Waals surface area contributed by atoms with E-state index < -0.39 is 0 Å². The lowest BCUT2D eigenvalue weighted by atomic mass is 9.84. The molecule has 1 aromatic carbocycles. The molecule has 5 heteroatoms. The van der Waals surface area contributed by atoms with Crippen molar-refractivity contribution >= 4 is 5.91 Å². The second-order valence-corrected chi connectivity index (χ2v) is 6.56. The molecule has 0 bridgehead atoms. The molecule has 1 aromatic heterocycles. The molecule has 2 aromatic rings. The molecule has 128 valence electrons. The van der Waals surface area contributed by atoms with Gasteiger partial charge in [-0.15, -0.1) is 0 Å². The Balaban J connectivity index is 1.47. The van der Waals surface area contributed by atoms with E-state index in [0.29, 0.717) is 30.7 Å². The minimum absolute atomic E-state index is 0.0882. The van der Waals surface area contributed by atoms with Gasteiger partial charge in [-0.25, -0.2) is 4.98 Å². The van der Waals surface area contributed by atoms with Crippen LogP contribution in [0, 0.1) is 11.8 Å². The summed E-state index contributed by atoms with van der Waals surface area (Å²) in [5, 5.41) is 6.32. The van der Waals surface area contributed by atoms with Crippen LogP contribution in [0.1, 0.15) is 31.9 Å². The van der Waals surface area contributed by atoms with E-state index in [1.165, 1.54) is 0 Å². The lowest BCUT2D eigenvalue weighted by Crippen LogP contribution is -2.33. The average molecular weight is 327 g/mol. The van der Waals surface area contributed by atoms with Crippen LogP contribution < -0.4 is 10.6 Å². The topological polar surface area (TPSA) is 67.2 Å². The average Bonchev–Trinajstić information content (AvgIpc) is 3.10. The quantitative estimate of drug-likeness (QED) is 0.856. The molecule has 1 aliphatic heterocycles. The van der Waals surface area contributed by atoms with Gasteiger partial charge in [-0.05, 0) is 49.9 Å². The van der Waals surface area contributed by atoms with Crippen LogP contribution in [0.5, 0.6) is 0 Å². The minimum Gasteiger partial charge on any atom is -0.444 e. The van der Waals surface area contributed by atoms with Crippen molar-refractivity contribution in [1.29, 1.82) is 0 Å². The van der Waals surface area contributed by atoms with Gasteiger partial charge in [0, 0.05) is 12.0 Å². The first kappa shape index (κ1) is 16.7. The Bertz CT molecular complexity index is 648. The lowest BCUT2D eigenvalue weighted by molar-refractivity contribution is -0.122. The fraction of sp³-hybridized carbons (Fsp3) is 0.474. The summed E-state index contributed by atoms with van der Waals surface area (Å²) in [6, 6.07) is 9.76. The fourth-order valence-corrected chi connectivity index (χ4v) is 3.24. The van der Waals surface area contributed by atoms with Gasteiger partial charge in [-0.2, -0.15) is 0 Å². The third-order valence-corrected chi connectivity index (χ3v) is 4.74. The maximum Gasteiger partial charge on any atom is 0.226 e. The van der Waals surface area contributed by atoms with E-state index in [-0.39, 0.29) is 5.91 Å². The first-order valence-corrected chi connectivity index (χ1v) is 8.69. The summed E-state index contributed by atoms with van der Waals surface area (Å²) in [6.45, 7) is 4.73. The molecule has 2 heterocycles. The molecule has 24 heavy (non-hydrogen) atoms. The first-order chi connectivity index (χ1) is 11.7. The maximum absolute atomic E-state index is 12.2. The monoisotopic (exact) mass is 327 g/mol. The van der Waals surface area contributed by atoms with Gasteiger partial charge in [-0.3, -0.25) is 4.79 Å². The van der Waals surface area contributed by atoms with Gasteiger partial charge in [0.2, 0.25) is 11.8 Å². The van der Waals surface area contributed by atoms with Gasteiger partial charge in [0.05, 0.1) is 12.2 Å². The lowest BCUT2D eigenvalue weighted by Gasteiger charge is -2.27. The number of hydrogen-bond acceptors (Lipinski definition) is 4. The summed E-state index contributed by atoms with van der Waals surface area (Å²) in [5.41, 5.74) is 1.69. The highest BCUT2D eigenvalue weighted by molar-refractivity contribution is 5.76. The number of hydrogen-bond donors (Lipinski definition) is 2. The van der Waals surface area contributed by atoms with Crippen LogP contribution in [0.15, 0.2) is 41.0 Å². The van der Waals surface area contributed by atoms with Crippen molar-refractivity contribution in [1.82, 2.24) is 15.6 Å². The molecular weight excluding hydrogens is 302 g/mol. The highest BCUT2D eigenvalue weighted by atomic mass is 16.3. The van der Waals surface area contributed by atoms with Gasteiger partial charge >= 0.3 is 0 Å². The number of amides is 1. The van der Waals surface area contributed by atoms with E-state index in [2.05, 4.69) is 22.5 Å². The maximum atomic E-state index is 12.2. The van der Waals surface area contributed by atoms with E-state index >= 15 is 0 Å². The summed E-state index contributed by atoms with van der Waals surface area (Å²) in [4.78, 5) is 16.6. The van der Waals surface area contributed by atoms with Crippen molar-refractivity contribution in [2.45, 2.75) is 32.7 Å². The van der Waals surface area contributed by atoms with Gasteiger partial charge in [0.25, 0.3) is 0 Å². The van der Waals surface area contributed by atoms with Crippen molar-refractivity contribution in [3.8, 4) is 11.5 Å². The van der Waals surface area contributed by atoms with Crippen LogP contribution in [0.2, 0.25) is 0 Å². The smallest absolute Gasteiger partial charge is 0.226 e. The van der Waals surface area contributed by atoms with Crippen molar-refractivity contribution in [3.05, 3.63) is 42.3 Å². The zero-order valence-corrected chi connectivity index (χ0v) is 14.1. The number of aromatic nitrogens is 1. The Labute approximate surface area is 142 Å². The Morgan fingerprint density at radius 3 is 2.83 bits per heavy atom. The van der Waals surface area contributed by atoms with Crippen LogP contribution >= 0.6 is 0 Å². The number of oxazole rings is 1. The Hall–Kier alpha value is -2.14. The van der Waals surface area contributed by atoms with Crippen molar-refractivity contribution in [2.75, 3.05) is 13.1 Å². The summed E-state index contributed by atoms with van der Waals surface area (Å²) in [5.74, 6) is 1.74. The minimum atomic E-state index is 0.0882. The Morgan fingerprint density at radius 2 is 2.08 bits per heavy atom. The number of carbonyl (C=O) groups excluding carboxylic acids is 1. The summed E-state index contributed by atoms with van der Waals surface area (Å²) >= 11 is 0. The highest BCUT2D eigenvalue weighted by Gasteiger charge is 2.22. The van der Waals surface area contributed by atoms with Crippen LogP contribution in [0.4, 0.5) is 0 Å². The molecular formula is C19H25N3O2. The van der Waals surface area contributed by atoms with E-state index in [1.54, 1.807) is 6.26 Å². The molecule has 5 nitrogen and oxygen atoms in total. The van der Waals surface area contributed by atoms with Crippen LogP contribution in [0.25, 0.3) is 11.5 Å². The summed E-state index contributed by atoms with van der Waals surface area (Å²) < 4.78 is 5.49. The molecule has 3 rings (SSSR count). The van der Waals surface area contributed by atoms with Crippen molar-refractivity contribution in [2.24, 2.45) is 11.8 Å². The van der Waals surface area contributed by atoms with E-state index in [9.17, 15) is 4.79 Å². The second-order valence-electron chi connectivity index (χ2n) is 6.56. The number of benzene rings is 1. The van der Waals surface area contributed by atoms with E-state index in [1.807, 2.05) is 30.3 Å². The van der Waals surface area contributed by atoms with Crippen molar-refractivity contribution < 1.29 is 9.21 Å². The Morgan fingerprint density at radius 1 is 1.33 bits per heavy atom. The second kappa shape index (κ2) is 8.11. The zero-order chi connectivity index (χ0) is 16.8. The molecule has 1 amide bonds. The standard InChI is InChI=1S/C19H25N3O2/c1-14(15-7-9-20-10-8-15)11-18(23)21-12-17-13-24-19(22-17)16-5-3-2-4-6-16/h2-6,13-15,20H,7-12H2,1H3,(H,21,23). The van der Waals surface area contributed by atoms with Gasteiger partial charge in [0.15, 0.2) is 0 Å². The molecule has 1 fully saturated rings. The molecule has 0 spiro atoms. The number of nitrogens with zero attached hydrogens (tertiary/aromatic N) is 1. The highest BCUT2D eigenvalue weighted by Crippen LogP contribution is 2.24. The molecule has 1 atom stereocenters. The number of rotatable bonds is 6. The number of piperidine rings is 1. The third-order valence-electron chi connectivity index (χ3n) is 4.74. The summed E-state index contributed by atoms with van der Waals surface area (Å²) in [7, 11) is 0. The van der Waals surface area contributed by atoms with Gasteiger partial charge < -0.3 is 15.1 Å². The van der Waals surface area contributed by atoms with Crippen molar-refractivity contribution in [3.63, 3.8) is 0 Å². The first-order valence-electron chi connectivity index (χ1n) is 8.69. The largest absolute Gasteiger partial charge is 0.444 e. The molecule has 1 unspecified atom stereocenters. The SMILES string of the molecule is CC(CC(=O)NCc1coc(-c2ccccc2)n1)C1CCNCC1. The van der Waals surface area contributed by atoms with Crippen LogP contribution in [0.3, 0.4) is 0 Å². The number of nitrogens with one attached hydrogen (secondary N) is 2. The third kappa shape index (κ3) is 4.45. The van der Waals surface area contributed by atoms with Crippen LogP contribution in [-0.4, -0.2) is 24.0 Å². The molecule has 2 N–H and O–H groups in total. The summed E-state index contributed by atoms with van der Waals surface area (Å²) in [6.07, 6.45) is 4.52. The molecule has 1 aliphatic rings. The molecule has 0 aliphatic carbocycles. The normalized spacial score (nSPS) is 16.7. The molecule has 0 saturated carbocycles. The number of carbonyl (C=O) groups is 1. The predicted octanol–water partition coefficient (Wildman–Crippen LogP) is 2.98. The molecule has 1 saturated heterocycles. The zero-order valence-electron chi connectivity index (χ0n) is 14.1. The van der Waals surface area contributed by atoms with E-state index in [0.717, 1.165) is 37.2 Å². The Kier molecular flexibility index (Phi) is 5.64.